The molecule has 130 valence electrons. The van der Waals surface area contributed by atoms with Crippen molar-refractivity contribution in [1.29, 1.82) is 0 Å². The summed E-state index contributed by atoms with van der Waals surface area (Å²) in [6, 6.07) is 5.04. The molecule has 0 bridgehead atoms. The lowest BCUT2D eigenvalue weighted by Crippen LogP contribution is -2.52. The highest BCUT2D eigenvalue weighted by atomic mass is 16.7. The third kappa shape index (κ3) is 3.22. The van der Waals surface area contributed by atoms with Crippen LogP contribution in [0.2, 0.25) is 0 Å². The highest BCUT2D eigenvalue weighted by Gasteiger charge is 2.50. The number of esters is 2. The van der Waals surface area contributed by atoms with Crippen LogP contribution in [0.5, 0.6) is 11.5 Å². The number of benzene rings is 1. The summed E-state index contributed by atoms with van der Waals surface area (Å²) < 4.78 is 21.2. The van der Waals surface area contributed by atoms with Crippen LogP contribution in [0.25, 0.3) is 6.08 Å². The first-order valence-corrected chi connectivity index (χ1v) is 7.51. The average Bonchev–Trinajstić information content (AvgIpc) is 2.49. The topological polar surface area (TPSA) is 71.1 Å². The third-order valence-corrected chi connectivity index (χ3v) is 4.12. The molecule has 2 rings (SSSR count). The predicted molar refractivity (Wildman–Crippen MR) is 87.6 cm³/mol. The van der Waals surface area contributed by atoms with Crippen LogP contribution in [0.1, 0.15) is 33.3 Å². The van der Waals surface area contributed by atoms with Gasteiger partial charge < -0.3 is 18.9 Å². The molecular weight excluding hydrogens is 312 g/mol. The molecule has 0 radical (unpaired) electrons. The van der Waals surface area contributed by atoms with Gasteiger partial charge in [-0.25, -0.2) is 9.59 Å². The largest absolute Gasteiger partial charge is 0.497 e. The van der Waals surface area contributed by atoms with E-state index in [9.17, 15) is 9.59 Å². The van der Waals surface area contributed by atoms with Gasteiger partial charge in [0.05, 0.1) is 14.2 Å². The summed E-state index contributed by atoms with van der Waals surface area (Å²) in [5.41, 5.74) is -0.191. The van der Waals surface area contributed by atoms with E-state index >= 15 is 0 Å². The summed E-state index contributed by atoms with van der Waals surface area (Å²) in [5, 5.41) is 0. The predicted octanol–water partition coefficient (Wildman–Crippen LogP) is 2.95. The van der Waals surface area contributed by atoms with Gasteiger partial charge in [0.1, 0.15) is 17.1 Å². The average molecular weight is 334 g/mol. The van der Waals surface area contributed by atoms with Crippen molar-refractivity contribution in [3.63, 3.8) is 0 Å². The Kier molecular flexibility index (Phi) is 4.60. The van der Waals surface area contributed by atoms with Gasteiger partial charge in [-0.3, -0.25) is 0 Å². The molecule has 1 fully saturated rings. The molecule has 0 saturated carbocycles. The zero-order valence-electron chi connectivity index (χ0n) is 14.8. The van der Waals surface area contributed by atoms with E-state index in [1.54, 1.807) is 25.1 Å². The van der Waals surface area contributed by atoms with Crippen LogP contribution in [0.3, 0.4) is 0 Å². The van der Waals surface area contributed by atoms with E-state index < -0.39 is 23.1 Å². The van der Waals surface area contributed by atoms with E-state index in [0.29, 0.717) is 17.1 Å². The number of cyclic esters (lactones) is 2. The van der Waals surface area contributed by atoms with E-state index in [2.05, 4.69) is 0 Å². The summed E-state index contributed by atoms with van der Waals surface area (Å²) in [5.74, 6) is -1.69. The van der Waals surface area contributed by atoms with Gasteiger partial charge in [0.2, 0.25) is 0 Å². The first-order chi connectivity index (χ1) is 11.1. The van der Waals surface area contributed by atoms with Crippen molar-refractivity contribution in [3.8, 4) is 11.5 Å². The number of rotatable bonds is 3. The van der Waals surface area contributed by atoms with Gasteiger partial charge in [0, 0.05) is 24.0 Å². The number of carbonyl (C=O) groups excluding carboxylic acids is 2. The Morgan fingerprint density at radius 1 is 1.04 bits per heavy atom. The van der Waals surface area contributed by atoms with Gasteiger partial charge >= 0.3 is 11.9 Å². The van der Waals surface area contributed by atoms with Crippen LogP contribution in [0.4, 0.5) is 0 Å². The molecule has 1 aliphatic heterocycles. The molecule has 6 heteroatoms. The Morgan fingerprint density at radius 3 is 2.08 bits per heavy atom. The van der Waals surface area contributed by atoms with Gasteiger partial charge in [0.15, 0.2) is 0 Å². The minimum atomic E-state index is -1.32. The molecule has 1 heterocycles. The number of methoxy groups -OCH3 is 2. The Labute approximate surface area is 141 Å². The Hall–Kier alpha value is -2.50. The van der Waals surface area contributed by atoms with Crippen molar-refractivity contribution in [2.45, 2.75) is 33.5 Å². The lowest BCUT2D eigenvalue weighted by molar-refractivity contribution is -0.261. The second-order valence-corrected chi connectivity index (χ2v) is 6.64. The second kappa shape index (κ2) is 6.19. The fourth-order valence-electron chi connectivity index (χ4n) is 2.09. The van der Waals surface area contributed by atoms with Crippen LogP contribution >= 0.6 is 0 Å². The van der Waals surface area contributed by atoms with Crippen molar-refractivity contribution < 1.29 is 28.5 Å². The molecule has 0 aromatic heterocycles. The molecule has 24 heavy (non-hydrogen) atoms. The summed E-state index contributed by atoms with van der Waals surface area (Å²) in [7, 11) is 3.03. The van der Waals surface area contributed by atoms with Gasteiger partial charge in [-0.2, -0.15) is 0 Å². The van der Waals surface area contributed by atoms with Gasteiger partial charge in [-0.1, -0.05) is 20.8 Å². The molecule has 0 amide bonds. The maximum absolute atomic E-state index is 12.3. The molecule has 1 aliphatic rings. The smallest absolute Gasteiger partial charge is 0.348 e. The van der Waals surface area contributed by atoms with Gasteiger partial charge in [-0.05, 0) is 18.2 Å². The molecule has 0 aliphatic carbocycles. The third-order valence-electron chi connectivity index (χ3n) is 4.12. The quantitative estimate of drug-likeness (QED) is 0.481. The van der Waals surface area contributed by atoms with Crippen molar-refractivity contribution in [1.82, 2.24) is 0 Å². The summed E-state index contributed by atoms with van der Waals surface area (Å²) in [6.45, 7) is 7.06. The van der Waals surface area contributed by atoms with E-state index in [1.165, 1.54) is 20.3 Å². The van der Waals surface area contributed by atoms with Crippen molar-refractivity contribution in [3.05, 3.63) is 29.3 Å². The fraction of sp³-hybridized carbons (Fsp3) is 0.444. The van der Waals surface area contributed by atoms with Crippen LogP contribution < -0.4 is 9.47 Å². The number of ether oxygens (including phenoxy) is 4. The molecule has 1 aromatic carbocycles. The number of hydrogen-bond acceptors (Lipinski definition) is 6. The van der Waals surface area contributed by atoms with E-state index in [0.717, 1.165) is 0 Å². The zero-order chi connectivity index (χ0) is 18.1. The van der Waals surface area contributed by atoms with Crippen molar-refractivity contribution >= 4 is 18.0 Å². The molecule has 6 nitrogen and oxygen atoms in total. The summed E-state index contributed by atoms with van der Waals surface area (Å²) in [4.78, 5) is 24.7. The lowest BCUT2D eigenvalue weighted by Gasteiger charge is -2.42. The highest BCUT2D eigenvalue weighted by molar-refractivity contribution is 6.19. The Bertz CT molecular complexity index is 676. The van der Waals surface area contributed by atoms with Crippen LogP contribution in [-0.4, -0.2) is 31.9 Å². The van der Waals surface area contributed by atoms with Gasteiger partial charge in [-0.15, -0.1) is 0 Å². The first-order valence-electron chi connectivity index (χ1n) is 7.51. The van der Waals surface area contributed by atoms with Crippen molar-refractivity contribution in [2.24, 2.45) is 5.41 Å². The molecule has 0 N–H and O–H groups in total. The van der Waals surface area contributed by atoms with Crippen LogP contribution in [-0.2, 0) is 19.1 Å². The van der Waals surface area contributed by atoms with Gasteiger partial charge in [0.25, 0.3) is 5.79 Å². The molecule has 0 unspecified atom stereocenters. The van der Waals surface area contributed by atoms with Crippen LogP contribution in [0, 0.1) is 5.41 Å². The molecule has 1 saturated heterocycles. The van der Waals surface area contributed by atoms with E-state index in [1.807, 2.05) is 20.8 Å². The lowest BCUT2D eigenvalue weighted by atomic mass is 9.85. The minimum Gasteiger partial charge on any atom is -0.497 e. The zero-order valence-corrected chi connectivity index (χ0v) is 14.8. The molecule has 1 aromatic rings. The first kappa shape index (κ1) is 17.8. The fourth-order valence-corrected chi connectivity index (χ4v) is 2.09. The molecule has 0 atom stereocenters. The molecular formula is C18H22O6. The maximum atomic E-state index is 12.3. The normalized spacial score (nSPS) is 21.0. The summed E-state index contributed by atoms with van der Waals surface area (Å²) >= 11 is 0. The number of carbonyl (C=O) groups is 2. The van der Waals surface area contributed by atoms with E-state index in [4.69, 9.17) is 18.9 Å². The SMILES string of the molecule is COc1ccc(C=C2C(=O)OC(C)(C(C)(C)C)OC2=O)c(OC)c1. The minimum absolute atomic E-state index is 0.180. The number of hydrogen-bond donors (Lipinski definition) is 0. The summed E-state index contributed by atoms with van der Waals surface area (Å²) in [6.07, 6.45) is 1.39. The Balaban J connectivity index is 2.39. The highest BCUT2D eigenvalue weighted by Crippen LogP contribution is 2.39. The maximum Gasteiger partial charge on any atom is 0.348 e. The van der Waals surface area contributed by atoms with Crippen LogP contribution in [0.15, 0.2) is 23.8 Å². The standard InChI is InChI=1S/C18H22O6/c1-17(2,3)18(4)23-15(19)13(16(20)24-18)9-11-7-8-12(21-5)10-14(11)22-6/h7-10H,1-6H3. The van der Waals surface area contributed by atoms with E-state index in [-0.39, 0.29) is 5.57 Å². The van der Waals surface area contributed by atoms with Crippen molar-refractivity contribution in [2.75, 3.05) is 14.2 Å². The second-order valence-electron chi connectivity index (χ2n) is 6.64. The monoisotopic (exact) mass is 334 g/mol. The Morgan fingerprint density at radius 2 is 1.62 bits per heavy atom. The molecule has 0 spiro atoms.